The van der Waals surface area contributed by atoms with Gasteiger partial charge in [-0.15, -0.1) is 0 Å². The van der Waals surface area contributed by atoms with Crippen LogP contribution in [0.4, 0.5) is 0 Å². The molecular weight excluding hydrogens is 142 g/mol. The Morgan fingerprint density at radius 2 is 2.00 bits per heavy atom. The summed E-state index contributed by atoms with van der Waals surface area (Å²) < 4.78 is 5.13. The number of hydrogen-bond acceptors (Lipinski definition) is 3. The zero-order valence-corrected chi connectivity index (χ0v) is 7.87. The third-order valence-corrected chi connectivity index (χ3v) is 1.76. The Morgan fingerprint density at radius 1 is 1.45 bits per heavy atom. The number of rotatable bonds is 5. The Balaban J connectivity index is 3.37. The summed E-state index contributed by atoms with van der Waals surface area (Å²) in [6.07, 6.45) is 0.0533. The molecule has 11 heavy (non-hydrogen) atoms. The van der Waals surface area contributed by atoms with E-state index in [-0.39, 0.29) is 0 Å². The van der Waals surface area contributed by atoms with Crippen molar-refractivity contribution in [2.45, 2.75) is 32.6 Å². The van der Waals surface area contributed by atoms with Crippen molar-refractivity contribution < 1.29 is 9.84 Å². The van der Waals surface area contributed by atoms with Crippen LogP contribution in [0.5, 0.6) is 0 Å². The Hall–Kier alpha value is -0.120. The molecule has 0 amide bonds. The molecule has 0 saturated carbocycles. The minimum absolute atomic E-state index is 0.358. The summed E-state index contributed by atoms with van der Waals surface area (Å²) in [5, 5.41) is 9.05. The number of hydrogen-bond donors (Lipinski definition) is 1. The molecule has 0 spiro atoms. The molecule has 3 heteroatoms. The van der Waals surface area contributed by atoms with Gasteiger partial charge in [0.05, 0.1) is 6.61 Å². The first kappa shape index (κ1) is 10.9. The lowest BCUT2D eigenvalue weighted by atomic mass is 10.3. The van der Waals surface area contributed by atoms with Gasteiger partial charge in [-0.25, -0.2) is 0 Å². The average molecular weight is 161 g/mol. The van der Waals surface area contributed by atoms with Crippen LogP contribution < -0.4 is 0 Å². The molecule has 68 valence electrons. The number of likely N-dealkylation sites (N-methyl/N-ethyl adjacent to an activating group) is 1. The van der Waals surface area contributed by atoms with Gasteiger partial charge in [-0.2, -0.15) is 0 Å². The maximum atomic E-state index is 9.05. The molecule has 1 N–H and O–H groups in total. The van der Waals surface area contributed by atoms with Gasteiger partial charge in [0.2, 0.25) is 0 Å². The summed E-state index contributed by atoms with van der Waals surface area (Å²) in [5.74, 6) is 0. The first-order chi connectivity index (χ1) is 5.07. The van der Waals surface area contributed by atoms with Gasteiger partial charge in [-0.05, 0) is 27.4 Å². The van der Waals surface area contributed by atoms with Crippen molar-refractivity contribution in [3.8, 4) is 0 Å². The van der Waals surface area contributed by atoms with E-state index >= 15 is 0 Å². The van der Waals surface area contributed by atoms with Crippen molar-refractivity contribution in [2.24, 2.45) is 0 Å². The Morgan fingerprint density at radius 3 is 2.36 bits per heavy atom. The second-order valence-corrected chi connectivity index (χ2v) is 3.01. The summed E-state index contributed by atoms with van der Waals surface area (Å²) in [7, 11) is 3.98. The van der Waals surface area contributed by atoms with Crippen molar-refractivity contribution in [3.05, 3.63) is 0 Å². The first-order valence-corrected chi connectivity index (χ1v) is 4.04. The van der Waals surface area contributed by atoms with Crippen LogP contribution in [0.15, 0.2) is 0 Å². The lowest BCUT2D eigenvalue weighted by Crippen LogP contribution is -2.31. The predicted octanol–water partition coefficient (Wildman–Crippen LogP) is 0.681. The molecule has 0 bridgehead atoms. The zero-order chi connectivity index (χ0) is 8.85. The fourth-order valence-electron chi connectivity index (χ4n) is 0.517. The van der Waals surface area contributed by atoms with E-state index in [1.807, 2.05) is 21.0 Å². The summed E-state index contributed by atoms with van der Waals surface area (Å²) in [5.41, 5.74) is 0. The highest BCUT2D eigenvalue weighted by Crippen LogP contribution is 1.97. The predicted molar refractivity (Wildman–Crippen MR) is 45.4 cm³/mol. The molecule has 0 aromatic heterocycles. The molecule has 3 nitrogen and oxygen atoms in total. The molecule has 2 atom stereocenters. The summed E-state index contributed by atoms with van der Waals surface area (Å²) >= 11 is 0. The van der Waals surface area contributed by atoms with Crippen molar-refractivity contribution in [2.75, 3.05) is 20.7 Å². The molecular formula is C8H19NO2. The summed E-state index contributed by atoms with van der Waals surface area (Å²) in [4.78, 5) is 2.06. The molecule has 0 fully saturated rings. The monoisotopic (exact) mass is 161 g/mol. The third kappa shape index (κ3) is 5.18. The molecule has 0 saturated heterocycles. The zero-order valence-electron chi connectivity index (χ0n) is 7.87. The summed E-state index contributed by atoms with van der Waals surface area (Å²) in [6.45, 7) is 4.54. The van der Waals surface area contributed by atoms with Crippen LogP contribution in [0.1, 0.15) is 20.3 Å². The molecule has 0 heterocycles. The lowest BCUT2D eigenvalue weighted by molar-refractivity contribution is -0.110. The summed E-state index contributed by atoms with van der Waals surface area (Å²) in [6, 6.07) is 0.358. The first-order valence-electron chi connectivity index (χ1n) is 4.04. The van der Waals surface area contributed by atoms with Gasteiger partial charge in [0.1, 0.15) is 0 Å². The molecule has 0 aliphatic rings. The minimum Gasteiger partial charge on any atom is -0.368 e. The fraction of sp³-hybridized carbons (Fsp3) is 1.00. The minimum atomic E-state index is -0.600. The van der Waals surface area contributed by atoms with E-state index < -0.39 is 6.29 Å². The molecule has 0 aliphatic heterocycles. The maximum absolute atomic E-state index is 9.05. The van der Waals surface area contributed by atoms with Gasteiger partial charge in [0, 0.05) is 6.04 Å². The maximum Gasteiger partial charge on any atom is 0.154 e. The van der Waals surface area contributed by atoms with Crippen LogP contribution >= 0.6 is 0 Å². The largest absolute Gasteiger partial charge is 0.368 e. The molecule has 0 aliphatic carbocycles. The van der Waals surface area contributed by atoms with Crippen molar-refractivity contribution >= 4 is 0 Å². The van der Waals surface area contributed by atoms with Gasteiger partial charge in [0.25, 0.3) is 0 Å². The van der Waals surface area contributed by atoms with Crippen LogP contribution in [0.3, 0.4) is 0 Å². The van der Waals surface area contributed by atoms with Gasteiger partial charge in [-0.1, -0.05) is 6.92 Å². The highest BCUT2D eigenvalue weighted by atomic mass is 16.6. The third-order valence-electron chi connectivity index (χ3n) is 1.76. The standard InChI is InChI=1S/C8H19NO2/c1-5-8(10)11-6-7(2)9(3)4/h7-8,10H,5-6H2,1-4H3. The smallest absolute Gasteiger partial charge is 0.154 e. The number of aliphatic hydroxyl groups is 1. The van der Waals surface area contributed by atoms with Crippen LogP contribution in [-0.4, -0.2) is 43.0 Å². The van der Waals surface area contributed by atoms with E-state index in [2.05, 4.69) is 11.8 Å². The number of aliphatic hydroxyl groups excluding tert-OH is 1. The molecule has 0 aromatic carbocycles. The van der Waals surface area contributed by atoms with E-state index in [9.17, 15) is 0 Å². The highest BCUT2D eigenvalue weighted by molar-refractivity contribution is 4.56. The average Bonchev–Trinajstić information content (AvgIpc) is 1.99. The molecule has 0 rings (SSSR count). The van der Waals surface area contributed by atoms with Crippen molar-refractivity contribution in [3.63, 3.8) is 0 Å². The van der Waals surface area contributed by atoms with Crippen LogP contribution in [0.25, 0.3) is 0 Å². The fourth-order valence-corrected chi connectivity index (χ4v) is 0.517. The van der Waals surface area contributed by atoms with E-state index in [1.54, 1.807) is 0 Å². The van der Waals surface area contributed by atoms with Gasteiger partial charge >= 0.3 is 0 Å². The topological polar surface area (TPSA) is 32.7 Å². The van der Waals surface area contributed by atoms with Crippen molar-refractivity contribution in [1.29, 1.82) is 0 Å². The quantitative estimate of drug-likeness (QED) is 0.602. The van der Waals surface area contributed by atoms with Gasteiger partial charge in [0.15, 0.2) is 6.29 Å². The van der Waals surface area contributed by atoms with E-state index in [0.717, 1.165) is 0 Å². The van der Waals surface area contributed by atoms with Crippen LogP contribution in [-0.2, 0) is 4.74 Å². The lowest BCUT2D eigenvalue weighted by Gasteiger charge is -2.20. The second kappa shape index (κ2) is 5.52. The Labute approximate surface area is 69.0 Å². The van der Waals surface area contributed by atoms with E-state index in [0.29, 0.717) is 19.1 Å². The Bertz CT molecular complexity index is 96.1. The van der Waals surface area contributed by atoms with Crippen molar-refractivity contribution in [1.82, 2.24) is 4.90 Å². The molecule has 0 aromatic rings. The van der Waals surface area contributed by atoms with E-state index in [1.165, 1.54) is 0 Å². The molecule has 2 unspecified atom stereocenters. The molecule has 0 radical (unpaired) electrons. The second-order valence-electron chi connectivity index (χ2n) is 3.01. The SMILES string of the molecule is CCC(O)OCC(C)N(C)C. The Kier molecular flexibility index (Phi) is 5.46. The van der Waals surface area contributed by atoms with Gasteiger partial charge in [-0.3, -0.25) is 0 Å². The normalized spacial score (nSPS) is 16.9. The highest BCUT2D eigenvalue weighted by Gasteiger charge is 2.06. The van der Waals surface area contributed by atoms with Crippen LogP contribution in [0.2, 0.25) is 0 Å². The number of nitrogens with zero attached hydrogens (tertiary/aromatic N) is 1. The van der Waals surface area contributed by atoms with Gasteiger partial charge < -0.3 is 14.7 Å². The van der Waals surface area contributed by atoms with E-state index in [4.69, 9.17) is 9.84 Å². The number of ether oxygens (including phenoxy) is 1. The van der Waals surface area contributed by atoms with Crippen LogP contribution in [0, 0.1) is 0 Å².